The highest BCUT2D eigenvalue weighted by atomic mass is 32.2. The third kappa shape index (κ3) is 4.34. The molecule has 0 radical (unpaired) electrons. The minimum absolute atomic E-state index is 0.190. The molecule has 1 fully saturated rings. The lowest BCUT2D eigenvalue weighted by Gasteiger charge is -2.22. The van der Waals surface area contributed by atoms with Gasteiger partial charge < -0.3 is 19.4 Å². The molecule has 4 rings (SSSR count). The number of hydrogen-bond acceptors (Lipinski definition) is 7. The lowest BCUT2D eigenvalue weighted by molar-refractivity contribution is -0.132. The van der Waals surface area contributed by atoms with Gasteiger partial charge in [-0.3, -0.25) is 14.5 Å². The van der Waals surface area contributed by atoms with Gasteiger partial charge in [0.25, 0.3) is 5.91 Å². The fourth-order valence-electron chi connectivity index (χ4n) is 3.13. The molecule has 156 valence electrons. The summed E-state index contributed by atoms with van der Waals surface area (Å²) >= 11 is 6.56. The van der Waals surface area contributed by atoms with Gasteiger partial charge in [-0.05, 0) is 37.1 Å². The maximum absolute atomic E-state index is 12.9. The topological polar surface area (TPSA) is 85.7 Å². The number of fused-ring (bicyclic) bond motifs is 1. The van der Waals surface area contributed by atoms with Crippen LogP contribution in [-0.2, 0) is 16.1 Å². The van der Waals surface area contributed by atoms with E-state index in [1.165, 1.54) is 16.7 Å². The number of rotatable bonds is 7. The summed E-state index contributed by atoms with van der Waals surface area (Å²) < 4.78 is 13.0. The second-order valence-corrected chi connectivity index (χ2v) is 8.46. The molecule has 1 atom stereocenters. The lowest BCUT2D eigenvalue weighted by Crippen LogP contribution is -2.47. The molecule has 1 unspecified atom stereocenters. The third-order valence-corrected chi connectivity index (χ3v) is 6.07. The summed E-state index contributed by atoms with van der Waals surface area (Å²) in [6.45, 7) is 3.13. The zero-order valence-corrected chi connectivity index (χ0v) is 17.9. The summed E-state index contributed by atoms with van der Waals surface area (Å²) in [5, 5.41) is 2.87. The summed E-state index contributed by atoms with van der Waals surface area (Å²) in [6, 6.07) is 4.77. The largest absolute Gasteiger partial charge is 0.454 e. The Morgan fingerprint density at radius 2 is 2.23 bits per heavy atom. The smallest absolute Gasteiger partial charge is 0.266 e. The van der Waals surface area contributed by atoms with Crippen LogP contribution in [0.1, 0.15) is 18.9 Å². The number of carbonyl (C=O) groups excluding carboxylic acids is 2. The van der Waals surface area contributed by atoms with Crippen molar-refractivity contribution in [2.45, 2.75) is 25.9 Å². The number of benzene rings is 1. The van der Waals surface area contributed by atoms with Crippen molar-refractivity contribution in [2.24, 2.45) is 0 Å². The van der Waals surface area contributed by atoms with E-state index < -0.39 is 6.04 Å². The Bertz CT molecular complexity index is 1010. The molecular weight excluding hydrogens is 424 g/mol. The van der Waals surface area contributed by atoms with Gasteiger partial charge >= 0.3 is 0 Å². The number of imidazole rings is 1. The third-order valence-electron chi connectivity index (χ3n) is 4.74. The molecule has 1 aromatic heterocycles. The average molecular weight is 445 g/mol. The number of aryl methyl sites for hydroxylation is 1. The molecule has 2 aliphatic heterocycles. The van der Waals surface area contributed by atoms with E-state index in [-0.39, 0.29) is 18.6 Å². The van der Waals surface area contributed by atoms with Crippen molar-refractivity contribution in [1.82, 2.24) is 19.8 Å². The molecule has 30 heavy (non-hydrogen) atoms. The van der Waals surface area contributed by atoms with Crippen LogP contribution in [0.5, 0.6) is 11.5 Å². The summed E-state index contributed by atoms with van der Waals surface area (Å²) in [4.78, 5) is 31.2. The van der Waals surface area contributed by atoms with E-state index in [2.05, 4.69) is 10.3 Å². The second kappa shape index (κ2) is 8.88. The van der Waals surface area contributed by atoms with Gasteiger partial charge in [-0.15, -0.1) is 0 Å². The Hall–Kier alpha value is -2.85. The van der Waals surface area contributed by atoms with Crippen LogP contribution in [0.4, 0.5) is 0 Å². The van der Waals surface area contributed by atoms with Crippen LogP contribution in [0, 0.1) is 0 Å². The Balaban J connectivity index is 1.36. The summed E-state index contributed by atoms with van der Waals surface area (Å²) in [5.74, 6) is 0.811. The minimum Gasteiger partial charge on any atom is -0.454 e. The molecule has 1 N–H and O–H groups in total. The normalized spacial score (nSPS) is 17.6. The zero-order valence-electron chi connectivity index (χ0n) is 16.2. The van der Waals surface area contributed by atoms with Crippen LogP contribution < -0.4 is 14.8 Å². The highest BCUT2D eigenvalue weighted by Crippen LogP contribution is 2.37. The number of nitrogens with zero attached hydrogens (tertiary/aromatic N) is 3. The first-order chi connectivity index (χ1) is 14.5. The highest BCUT2D eigenvalue weighted by Gasteiger charge is 2.38. The Labute approximate surface area is 183 Å². The maximum atomic E-state index is 12.9. The van der Waals surface area contributed by atoms with E-state index in [4.69, 9.17) is 21.7 Å². The van der Waals surface area contributed by atoms with Crippen molar-refractivity contribution in [2.75, 3.05) is 13.3 Å². The van der Waals surface area contributed by atoms with E-state index in [1.54, 1.807) is 31.6 Å². The van der Waals surface area contributed by atoms with Crippen molar-refractivity contribution in [1.29, 1.82) is 0 Å². The summed E-state index contributed by atoms with van der Waals surface area (Å²) in [6.07, 6.45) is 7.83. The van der Waals surface area contributed by atoms with E-state index in [1.807, 2.05) is 22.9 Å². The molecule has 10 heteroatoms. The first kappa shape index (κ1) is 20.4. The molecule has 1 saturated heterocycles. The van der Waals surface area contributed by atoms with Gasteiger partial charge in [0.05, 0.1) is 11.2 Å². The van der Waals surface area contributed by atoms with Crippen LogP contribution in [0.2, 0.25) is 0 Å². The molecule has 8 nitrogen and oxygen atoms in total. The molecule has 2 amide bonds. The van der Waals surface area contributed by atoms with Gasteiger partial charge in [-0.2, -0.15) is 0 Å². The molecule has 2 aromatic rings. The van der Waals surface area contributed by atoms with Gasteiger partial charge in [-0.25, -0.2) is 4.98 Å². The van der Waals surface area contributed by atoms with Gasteiger partial charge in [0, 0.05) is 25.5 Å². The SMILES string of the molecule is CC(C(=O)NCCCn1ccnc1)N1C(=O)C(=Cc2ccc3c(c2)OCO3)SC1=S. The van der Waals surface area contributed by atoms with Crippen molar-refractivity contribution in [3.8, 4) is 11.5 Å². The van der Waals surface area contributed by atoms with Gasteiger partial charge in [0.2, 0.25) is 12.7 Å². The molecule has 0 aliphatic carbocycles. The van der Waals surface area contributed by atoms with E-state index in [9.17, 15) is 9.59 Å². The van der Waals surface area contributed by atoms with Gasteiger partial charge in [0.15, 0.2) is 11.5 Å². The minimum atomic E-state index is -0.687. The van der Waals surface area contributed by atoms with Crippen LogP contribution in [-0.4, -0.2) is 50.0 Å². The average Bonchev–Trinajstić information content (AvgIpc) is 3.46. The molecule has 3 heterocycles. The second-order valence-electron chi connectivity index (χ2n) is 6.79. The highest BCUT2D eigenvalue weighted by molar-refractivity contribution is 8.26. The van der Waals surface area contributed by atoms with Crippen LogP contribution in [0.15, 0.2) is 41.8 Å². The number of ether oxygens (including phenoxy) is 2. The predicted molar refractivity (Wildman–Crippen MR) is 117 cm³/mol. The fourth-order valence-corrected chi connectivity index (χ4v) is 4.54. The first-order valence-corrected chi connectivity index (χ1v) is 10.7. The standard InChI is InChI=1S/C20H20N4O4S2/c1-13(18(25)22-5-2-7-23-8-6-21-11-23)24-19(26)17(30-20(24)29)10-14-3-4-15-16(9-14)28-12-27-15/h3-4,6,8-11,13H,2,5,7,12H2,1H3,(H,22,25). The lowest BCUT2D eigenvalue weighted by atomic mass is 10.2. The Morgan fingerprint density at radius 1 is 1.40 bits per heavy atom. The van der Waals surface area contributed by atoms with E-state index in [0.29, 0.717) is 27.3 Å². The van der Waals surface area contributed by atoms with Crippen molar-refractivity contribution < 1.29 is 19.1 Å². The number of hydrogen-bond donors (Lipinski definition) is 1. The summed E-state index contributed by atoms with van der Waals surface area (Å²) in [7, 11) is 0. The number of aromatic nitrogens is 2. The first-order valence-electron chi connectivity index (χ1n) is 9.43. The zero-order chi connectivity index (χ0) is 21.1. The fraction of sp³-hybridized carbons (Fsp3) is 0.300. The molecule has 0 bridgehead atoms. The summed E-state index contributed by atoms with van der Waals surface area (Å²) in [5.41, 5.74) is 0.802. The molecule has 0 saturated carbocycles. The Morgan fingerprint density at radius 3 is 3.03 bits per heavy atom. The molecule has 1 aromatic carbocycles. The molecule has 0 spiro atoms. The van der Waals surface area contributed by atoms with E-state index >= 15 is 0 Å². The van der Waals surface area contributed by atoms with Crippen molar-refractivity contribution in [3.05, 3.63) is 47.4 Å². The number of nitrogens with one attached hydrogen (secondary N) is 1. The Kier molecular flexibility index (Phi) is 6.05. The van der Waals surface area contributed by atoms with Crippen molar-refractivity contribution >= 4 is 46.2 Å². The monoisotopic (exact) mass is 444 g/mol. The number of thiocarbonyl (C=S) groups is 1. The number of carbonyl (C=O) groups is 2. The number of thioether (sulfide) groups is 1. The predicted octanol–water partition coefficient (Wildman–Crippen LogP) is 2.41. The number of amides is 2. The van der Waals surface area contributed by atoms with Crippen LogP contribution in [0.3, 0.4) is 0 Å². The quantitative estimate of drug-likeness (QED) is 0.399. The molecule has 2 aliphatic rings. The van der Waals surface area contributed by atoms with E-state index in [0.717, 1.165) is 18.5 Å². The maximum Gasteiger partial charge on any atom is 0.266 e. The van der Waals surface area contributed by atoms with Crippen molar-refractivity contribution in [3.63, 3.8) is 0 Å². The van der Waals surface area contributed by atoms with Gasteiger partial charge in [-0.1, -0.05) is 30.0 Å². The van der Waals surface area contributed by atoms with Gasteiger partial charge in [0.1, 0.15) is 10.4 Å². The molecular formula is C20H20N4O4S2. The van der Waals surface area contributed by atoms with Crippen LogP contribution in [0.25, 0.3) is 6.08 Å². The van der Waals surface area contributed by atoms with Crippen LogP contribution >= 0.6 is 24.0 Å².